The molecule has 224 valence electrons. The number of amides is 4. The molecule has 2 aromatic carbocycles. The summed E-state index contributed by atoms with van der Waals surface area (Å²) in [5, 5.41) is 36.7. The molecular weight excluding hydrogens is 548 g/mol. The predicted molar refractivity (Wildman–Crippen MR) is 151 cm³/mol. The molecule has 4 amide bonds. The standard InChI is InChI=1S/C28H34N6O8/c29-19(14-35)25(38)33-23(12-16-13-31-20-4-2-1-3-18(16)20)27(40)34-22(11-15-5-7-17(36)8-6-15)26(39)32-21(28(41)42)9-10-24(30)37/h1-8,13,19,21-23,31,35-36H,9-12,14,29H2,(H2,30,37)(H,32,39)(H,33,38)(H,34,40)(H,41,42). The van der Waals surface area contributed by atoms with Crippen molar-refractivity contribution in [1.82, 2.24) is 20.9 Å². The van der Waals surface area contributed by atoms with Gasteiger partial charge in [-0.15, -0.1) is 0 Å². The number of carbonyl (C=O) groups is 5. The first-order valence-electron chi connectivity index (χ1n) is 13.1. The number of fused-ring (bicyclic) bond motifs is 1. The fraction of sp³-hybridized carbons (Fsp3) is 0.321. The molecule has 0 aliphatic rings. The number of benzene rings is 2. The highest BCUT2D eigenvalue weighted by molar-refractivity contribution is 5.95. The van der Waals surface area contributed by atoms with Gasteiger partial charge < -0.3 is 47.7 Å². The van der Waals surface area contributed by atoms with Gasteiger partial charge in [0.1, 0.15) is 29.9 Å². The van der Waals surface area contributed by atoms with E-state index in [0.717, 1.165) is 10.9 Å². The van der Waals surface area contributed by atoms with Crippen LogP contribution in [0.15, 0.2) is 54.7 Å². The number of nitrogens with one attached hydrogen (secondary N) is 4. The molecule has 1 heterocycles. The minimum Gasteiger partial charge on any atom is -0.508 e. The second-order valence-electron chi connectivity index (χ2n) is 9.75. The highest BCUT2D eigenvalue weighted by Gasteiger charge is 2.31. The third kappa shape index (κ3) is 8.78. The Morgan fingerprint density at radius 2 is 1.43 bits per heavy atom. The third-order valence-electron chi connectivity index (χ3n) is 6.57. The number of primary amides is 1. The Morgan fingerprint density at radius 3 is 2.05 bits per heavy atom. The summed E-state index contributed by atoms with van der Waals surface area (Å²) in [6.07, 6.45) is 0.998. The lowest BCUT2D eigenvalue weighted by molar-refractivity contribution is -0.142. The monoisotopic (exact) mass is 582 g/mol. The van der Waals surface area contributed by atoms with Gasteiger partial charge in [0.25, 0.3) is 0 Å². The number of carboxylic acid groups (broad SMARTS) is 1. The van der Waals surface area contributed by atoms with Crippen molar-refractivity contribution in [2.24, 2.45) is 11.5 Å². The largest absolute Gasteiger partial charge is 0.508 e. The number of rotatable bonds is 15. The highest BCUT2D eigenvalue weighted by Crippen LogP contribution is 2.19. The van der Waals surface area contributed by atoms with Crippen molar-refractivity contribution < 1.29 is 39.3 Å². The summed E-state index contributed by atoms with van der Waals surface area (Å²) >= 11 is 0. The van der Waals surface area contributed by atoms with Gasteiger partial charge >= 0.3 is 5.97 Å². The van der Waals surface area contributed by atoms with Crippen LogP contribution in [0.4, 0.5) is 0 Å². The number of phenols is 1. The number of H-pyrrole nitrogens is 1. The molecule has 11 N–H and O–H groups in total. The first-order valence-corrected chi connectivity index (χ1v) is 13.1. The Balaban J connectivity index is 1.89. The lowest BCUT2D eigenvalue weighted by atomic mass is 10.0. The van der Waals surface area contributed by atoms with Crippen LogP contribution in [-0.2, 0) is 36.8 Å². The van der Waals surface area contributed by atoms with Gasteiger partial charge in [0, 0.05) is 36.4 Å². The number of nitrogens with two attached hydrogens (primary N) is 2. The van der Waals surface area contributed by atoms with Gasteiger partial charge in [0.15, 0.2) is 0 Å². The lowest BCUT2D eigenvalue weighted by Crippen LogP contribution is -2.58. The molecule has 4 atom stereocenters. The summed E-state index contributed by atoms with van der Waals surface area (Å²) < 4.78 is 0. The van der Waals surface area contributed by atoms with Crippen molar-refractivity contribution in [3.05, 3.63) is 65.9 Å². The van der Waals surface area contributed by atoms with Gasteiger partial charge in [0.2, 0.25) is 23.6 Å². The average Bonchev–Trinajstić information content (AvgIpc) is 3.37. The van der Waals surface area contributed by atoms with Crippen LogP contribution in [0.5, 0.6) is 5.75 Å². The number of aliphatic hydroxyl groups is 1. The van der Waals surface area contributed by atoms with Crippen molar-refractivity contribution in [3.8, 4) is 5.75 Å². The van der Waals surface area contributed by atoms with Gasteiger partial charge in [-0.2, -0.15) is 0 Å². The third-order valence-corrected chi connectivity index (χ3v) is 6.57. The van der Waals surface area contributed by atoms with Gasteiger partial charge in [-0.05, 0) is 35.7 Å². The number of aromatic hydroxyl groups is 1. The van der Waals surface area contributed by atoms with E-state index in [1.165, 1.54) is 24.3 Å². The fourth-order valence-corrected chi connectivity index (χ4v) is 4.26. The summed E-state index contributed by atoms with van der Waals surface area (Å²) in [5.41, 5.74) is 12.8. The number of hydrogen-bond acceptors (Lipinski definition) is 8. The van der Waals surface area contributed by atoms with Crippen molar-refractivity contribution in [2.75, 3.05) is 6.61 Å². The zero-order chi connectivity index (χ0) is 30.8. The molecule has 0 aliphatic heterocycles. The van der Waals surface area contributed by atoms with Gasteiger partial charge in [-0.25, -0.2) is 4.79 Å². The first kappa shape index (κ1) is 31.6. The molecule has 14 nitrogen and oxygen atoms in total. The van der Waals surface area contributed by atoms with E-state index >= 15 is 0 Å². The molecule has 14 heteroatoms. The maximum atomic E-state index is 13.6. The fourth-order valence-electron chi connectivity index (χ4n) is 4.26. The summed E-state index contributed by atoms with van der Waals surface area (Å²) in [6.45, 7) is -0.666. The molecule has 3 rings (SSSR count). The number of carbonyl (C=O) groups excluding carboxylic acids is 4. The maximum Gasteiger partial charge on any atom is 0.326 e. The van der Waals surface area contributed by atoms with Crippen LogP contribution < -0.4 is 27.4 Å². The summed E-state index contributed by atoms with van der Waals surface area (Å²) in [5.74, 6) is -4.61. The normalized spacial score (nSPS) is 13.9. The maximum absolute atomic E-state index is 13.6. The van der Waals surface area contributed by atoms with Gasteiger partial charge in [0.05, 0.1) is 6.61 Å². The number of aromatic amines is 1. The average molecular weight is 583 g/mol. The highest BCUT2D eigenvalue weighted by atomic mass is 16.4. The van der Waals surface area contributed by atoms with E-state index in [9.17, 15) is 39.3 Å². The molecular formula is C28H34N6O8. The number of para-hydroxylation sites is 1. The van der Waals surface area contributed by atoms with Crippen LogP contribution in [0.2, 0.25) is 0 Å². The number of phenolic OH excluding ortho intramolecular Hbond substituents is 1. The van der Waals surface area contributed by atoms with Crippen molar-refractivity contribution in [3.63, 3.8) is 0 Å². The minimum atomic E-state index is -1.46. The quantitative estimate of drug-likeness (QED) is 0.104. The van der Waals surface area contributed by atoms with E-state index in [4.69, 9.17) is 11.5 Å². The van der Waals surface area contributed by atoms with Crippen LogP contribution in [0, 0.1) is 0 Å². The Hall–Kier alpha value is -4.95. The number of hydrogen-bond donors (Lipinski definition) is 9. The van der Waals surface area contributed by atoms with Crippen LogP contribution >= 0.6 is 0 Å². The summed E-state index contributed by atoms with van der Waals surface area (Å²) in [6, 6.07) is 7.78. The van der Waals surface area contributed by atoms with Crippen molar-refractivity contribution in [1.29, 1.82) is 0 Å². The molecule has 4 unspecified atom stereocenters. The summed E-state index contributed by atoms with van der Waals surface area (Å²) in [7, 11) is 0. The van der Waals surface area contributed by atoms with Crippen LogP contribution in [0.1, 0.15) is 24.0 Å². The zero-order valence-corrected chi connectivity index (χ0v) is 22.6. The molecule has 0 radical (unpaired) electrons. The Kier molecular flexibility index (Phi) is 11.0. The Morgan fingerprint density at radius 1 is 0.833 bits per heavy atom. The van der Waals surface area contributed by atoms with Crippen molar-refractivity contribution >= 4 is 40.5 Å². The van der Waals surface area contributed by atoms with E-state index < -0.39 is 60.4 Å². The number of carboxylic acids is 1. The van der Waals surface area contributed by atoms with E-state index in [2.05, 4.69) is 20.9 Å². The molecule has 0 fully saturated rings. The van der Waals surface area contributed by atoms with E-state index in [1.54, 1.807) is 6.20 Å². The van der Waals surface area contributed by atoms with E-state index in [-0.39, 0.29) is 31.4 Å². The molecule has 42 heavy (non-hydrogen) atoms. The number of aromatic nitrogens is 1. The van der Waals surface area contributed by atoms with Crippen molar-refractivity contribution in [2.45, 2.75) is 49.9 Å². The minimum absolute atomic E-state index is 0.0103. The molecule has 0 spiro atoms. The topological polar surface area (TPSA) is 250 Å². The van der Waals surface area contributed by atoms with Crippen LogP contribution in [0.25, 0.3) is 10.9 Å². The van der Waals surface area contributed by atoms with Gasteiger partial charge in [-0.3, -0.25) is 19.2 Å². The molecule has 0 saturated carbocycles. The molecule has 0 bridgehead atoms. The number of aliphatic carboxylic acids is 1. The molecule has 0 saturated heterocycles. The first-order chi connectivity index (χ1) is 20.0. The number of aliphatic hydroxyl groups excluding tert-OH is 1. The Labute approximate surface area is 240 Å². The molecule has 1 aromatic heterocycles. The van der Waals surface area contributed by atoms with Crippen LogP contribution in [0.3, 0.4) is 0 Å². The van der Waals surface area contributed by atoms with E-state index in [1.807, 2.05) is 24.3 Å². The van der Waals surface area contributed by atoms with Gasteiger partial charge in [-0.1, -0.05) is 30.3 Å². The second-order valence-corrected chi connectivity index (χ2v) is 9.75. The SMILES string of the molecule is NC(=O)CCC(NC(=O)C(Cc1ccc(O)cc1)NC(=O)C(Cc1c[nH]c2ccccc12)NC(=O)C(N)CO)C(=O)O. The van der Waals surface area contributed by atoms with Crippen LogP contribution in [-0.4, -0.2) is 80.7 Å². The lowest BCUT2D eigenvalue weighted by Gasteiger charge is -2.25. The molecule has 0 aliphatic carbocycles. The van der Waals surface area contributed by atoms with E-state index in [0.29, 0.717) is 11.1 Å². The molecule has 3 aromatic rings. The zero-order valence-electron chi connectivity index (χ0n) is 22.6. The second kappa shape index (κ2) is 14.6. The smallest absolute Gasteiger partial charge is 0.326 e. The predicted octanol–water partition coefficient (Wildman–Crippen LogP) is -1.22. The Bertz CT molecular complexity index is 1420. The summed E-state index contributed by atoms with van der Waals surface area (Å²) in [4.78, 5) is 65.5.